The molecular weight excluding hydrogens is 196 g/mol. The molecule has 1 aliphatic rings. The number of hydrogen-bond donors (Lipinski definition) is 0. The maximum absolute atomic E-state index is 11.6. The highest BCUT2D eigenvalue weighted by Crippen LogP contribution is 2.30. The van der Waals surface area contributed by atoms with Crippen LogP contribution >= 0.6 is 0 Å². The maximum Gasteiger partial charge on any atom is 0.157 e. The lowest BCUT2D eigenvalue weighted by Crippen LogP contribution is -2.09. The standard InChI is InChI=1S/C11H14O2S/c1-9-2-4-10(5-3-9)8-14(12,13)11-6-7-11/h2-5,11H,6-8H2,1H3. The van der Waals surface area contributed by atoms with Gasteiger partial charge in [0.2, 0.25) is 0 Å². The number of sulfone groups is 1. The Bertz CT molecular complexity index is 413. The van der Waals surface area contributed by atoms with Gasteiger partial charge in [-0.25, -0.2) is 8.42 Å². The second-order valence-corrected chi connectivity index (χ2v) is 6.27. The molecule has 0 unspecified atom stereocenters. The van der Waals surface area contributed by atoms with Gasteiger partial charge in [-0.1, -0.05) is 29.8 Å². The van der Waals surface area contributed by atoms with Crippen LogP contribution in [0, 0.1) is 6.92 Å². The SMILES string of the molecule is Cc1ccc(CS(=O)(=O)C2CC2)cc1. The molecule has 1 aromatic rings. The Morgan fingerprint density at radius 1 is 1.21 bits per heavy atom. The summed E-state index contributed by atoms with van der Waals surface area (Å²) < 4.78 is 23.3. The minimum Gasteiger partial charge on any atom is -0.228 e. The quantitative estimate of drug-likeness (QED) is 0.765. The first-order chi connectivity index (χ1) is 6.58. The molecular formula is C11H14O2S. The van der Waals surface area contributed by atoms with Gasteiger partial charge in [0.1, 0.15) is 0 Å². The Hall–Kier alpha value is -0.830. The molecule has 14 heavy (non-hydrogen) atoms. The Labute approximate surface area is 84.9 Å². The van der Waals surface area contributed by atoms with Crippen LogP contribution in [0.15, 0.2) is 24.3 Å². The first kappa shape index (κ1) is 9.71. The van der Waals surface area contributed by atoms with Crippen LogP contribution in [0.25, 0.3) is 0 Å². The molecule has 1 fully saturated rings. The summed E-state index contributed by atoms with van der Waals surface area (Å²) in [6.45, 7) is 2.00. The smallest absolute Gasteiger partial charge is 0.157 e. The van der Waals surface area contributed by atoms with E-state index in [1.54, 1.807) is 0 Å². The van der Waals surface area contributed by atoms with Crippen LogP contribution in [0.3, 0.4) is 0 Å². The van der Waals surface area contributed by atoms with Crippen molar-refractivity contribution in [2.75, 3.05) is 0 Å². The second-order valence-electron chi connectivity index (χ2n) is 3.99. The van der Waals surface area contributed by atoms with E-state index in [4.69, 9.17) is 0 Å². The van der Waals surface area contributed by atoms with E-state index >= 15 is 0 Å². The molecule has 1 aliphatic carbocycles. The number of hydrogen-bond acceptors (Lipinski definition) is 2. The molecule has 0 spiro atoms. The van der Waals surface area contributed by atoms with E-state index in [0.717, 1.165) is 24.0 Å². The van der Waals surface area contributed by atoms with Crippen molar-refractivity contribution in [1.82, 2.24) is 0 Å². The molecule has 76 valence electrons. The molecule has 1 aromatic carbocycles. The maximum atomic E-state index is 11.6. The van der Waals surface area contributed by atoms with Crippen LogP contribution in [0.5, 0.6) is 0 Å². The van der Waals surface area contributed by atoms with E-state index in [1.165, 1.54) is 0 Å². The van der Waals surface area contributed by atoms with Gasteiger partial charge in [0.05, 0.1) is 11.0 Å². The van der Waals surface area contributed by atoms with Gasteiger partial charge < -0.3 is 0 Å². The van der Waals surface area contributed by atoms with Gasteiger partial charge in [-0.3, -0.25) is 0 Å². The van der Waals surface area contributed by atoms with Crippen LogP contribution in [0.4, 0.5) is 0 Å². The molecule has 1 saturated carbocycles. The monoisotopic (exact) mass is 210 g/mol. The third-order valence-electron chi connectivity index (χ3n) is 2.52. The van der Waals surface area contributed by atoms with Crippen LogP contribution in [-0.4, -0.2) is 13.7 Å². The minimum atomic E-state index is -2.85. The summed E-state index contributed by atoms with van der Waals surface area (Å²) in [7, 11) is -2.85. The number of aryl methyl sites for hydroxylation is 1. The molecule has 0 heterocycles. The molecule has 0 saturated heterocycles. The van der Waals surface area contributed by atoms with Gasteiger partial charge in [0.15, 0.2) is 9.84 Å². The summed E-state index contributed by atoms with van der Waals surface area (Å²) in [4.78, 5) is 0. The predicted octanol–water partition coefficient (Wildman–Crippen LogP) is 2.07. The lowest BCUT2D eigenvalue weighted by Gasteiger charge is -2.02. The zero-order valence-corrected chi connectivity index (χ0v) is 9.05. The van der Waals surface area contributed by atoms with E-state index in [-0.39, 0.29) is 11.0 Å². The Kier molecular flexibility index (Phi) is 2.35. The van der Waals surface area contributed by atoms with E-state index in [2.05, 4.69) is 0 Å². The second kappa shape index (κ2) is 3.39. The predicted molar refractivity (Wildman–Crippen MR) is 56.8 cm³/mol. The summed E-state index contributed by atoms with van der Waals surface area (Å²) in [6.07, 6.45) is 1.71. The summed E-state index contributed by atoms with van der Waals surface area (Å²) in [5.41, 5.74) is 2.07. The summed E-state index contributed by atoms with van der Waals surface area (Å²) in [5.74, 6) is 0.206. The van der Waals surface area contributed by atoms with Gasteiger partial charge in [-0.05, 0) is 25.3 Å². The van der Waals surface area contributed by atoms with Crippen LogP contribution in [0.1, 0.15) is 24.0 Å². The lowest BCUT2D eigenvalue weighted by atomic mass is 10.2. The van der Waals surface area contributed by atoms with Crippen molar-refractivity contribution in [3.63, 3.8) is 0 Å². The molecule has 0 amide bonds. The summed E-state index contributed by atoms with van der Waals surface area (Å²) >= 11 is 0. The van der Waals surface area contributed by atoms with Crippen LogP contribution in [-0.2, 0) is 15.6 Å². The van der Waals surface area contributed by atoms with Crippen molar-refractivity contribution in [3.8, 4) is 0 Å². The Balaban J connectivity index is 2.14. The van der Waals surface area contributed by atoms with E-state index in [1.807, 2.05) is 31.2 Å². The molecule has 2 nitrogen and oxygen atoms in total. The van der Waals surface area contributed by atoms with Gasteiger partial charge in [0, 0.05) is 0 Å². The van der Waals surface area contributed by atoms with Crippen molar-refractivity contribution >= 4 is 9.84 Å². The fourth-order valence-electron chi connectivity index (χ4n) is 1.46. The highest BCUT2D eigenvalue weighted by atomic mass is 32.2. The topological polar surface area (TPSA) is 34.1 Å². The third kappa shape index (κ3) is 2.15. The molecule has 0 bridgehead atoms. The zero-order chi connectivity index (χ0) is 10.2. The van der Waals surface area contributed by atoms with Crippen molar-refractivity contribution in [2.45, 2.75) is 30.8 Å². The summed E-state index contributed by atoms with van der Waals surface area (Å²) in [5, 5.41) is -0.0520. The average Bonchev–Trinajstić information content (AvgIpc) is 2.91. The molecule has 0 aromatic heterocycles. The van der Waals surface area contributed by atoms with Crippen molar-refractivity contribution in [1.29, 1.82) is 0 Å². The van der Waals surface area contributed by atoms with Crippen LogP contribution < -0.4 is 0 Å². The van der Waals surface area contributed by atoms with Crippen molar-refractivity contribution in [3.05, 3.63) is 35.4 Å². The van der Waals surface area contributed by atoms with Gasteiger partial charge >= 0.3 is 0 Å². The number of rotatable bonds is 3. The fourth-order valence-corrected chi connectivity index (χ4v) is 3.21. The van der Waals surface area contributed by atoms with Gasteiger partial charge in [0.25, 0.3) is 0 Å². The molecule has 0 N–H and O–H groups in total. The highest BCUT2D eigenvalue weighted by Gasteiger charge is 2.35. The third-order valence-corrected chi connectivity index (χ3v) is 4.74. The van der Waals surface area contributed by atoms with Crippen molar-refractivity contribution < 1.29 is 8.42 Å². The molecule has 0 radical (unpaired) electrons. The molecule has 0 atom stereocenters. The Morgan fingerprint density at radius 2 is 1.79 bits per heavy atom. The van der Waals surface area contributed by atoms with E-state index in [0.29, 0.717) is 0 Å². The first-order valence-electron chi connectivity index (χ1n) is 4.85. The molecule has 0 aliphatic heterocycles. The van der Waals surface area contributed by atoms with Gasteiger partial charge in [-0.15, -0.1) is 0 Å². The molecule has 2 rings (SSSR count). The summed E-state index contributed by atoms with van der Waals surface area (Å²) in [6, 6.07) is 7.71. The van der Waals surface area contributed by atoms with E-state index in [9.17, 15) is 8.42 Å². The largest absolute Gasteiger partial charge is 0.228 e. The zero-order valence-electron chi connectivity index (χ0n) is 8.23. The highest BCUT2D eigenvalue weighted by molar-refractivity contribution is 7.91. The fraction of sp³-hybridized carbons (Fsp3) is 0.455. The first-order valence-corrected chi connectivity index (χ1v) is 6.56. The number of benzene rings is 1. The average molecular weight is 210 g/mol. The van der Waals surface area contributed by atoms with Crippen molar-refractivity contribution in [2.24, 2.45) is 0 Å². The normalized spacial score (nSPS) is 16.9. The molecule has 3 heteroatoms. The Morgan fingerprint density at radius 3 is 2.29 bits per heavy atom. The van der Waals surface area contributed by atoms with Crippen LogP contribution in [0.2, 0.25) is 0 Å². The van der Waals surface area contributed by atoms with Gasteiger partial charge in [-0.2, -0.15) is 0 Å². The van der Waals surface area contributed by atoms with E-state index < -0.39 is 9.84 Å². The lowest BCUT2D eigenvalue weighted by molar-refractivity contribution is 0.594. The minimum absolute atomic E-state index is 0.0520.